The van der Waals surface area contributed by atoms with Crippen LogP contribution in [0.3, 0.4) is 0 Å². The van der Waals surface area contributed by atoms with Crippen LogP contribution in [0.1, 0.15) is 12.5 Å². The van der Waals surface area contributed by atoms with Gasteiger partial charge in [-0.15, -0.1) is 0 Å². The molecule has 0 aliphatic carbocycles. The average Bonchev–Trinajstić information content (AvgIpc) is 2.59. The molecule has 0 radical (unpaired) electrons. The minimum Gasteiger partial charge on any atom is -0.493 e. The van der Waals surface area contributed by atoms with Gasteiger partial charge in [-0.05, 0) is 18.6 Å². The van der Waals surface area contributed by atoms with E-state index in [1.165, 1.54) is 11.6 Å². The average molecular weight is 258 g/mol. The monoisotopic (exact) mass is 258 g/mol. The van der Waals surface area contributed by atoms with Crippen molar-refractivity contribution in [1.82, 2.24) is 14.8 Å². The summed E-state index contributed by atoms with van der Waals surface area (Å²) in [7, 11) is 1.70. The van der Waals surface area contributed by atoms with E-state index < -0.39 is 0 Å². The second kappa shape index (κ2) is 4.08. The predicted octanol–water partition coefficient (Wildman–Crippen LogP) is 1.10. The molecule has 0 fully saturated rings. The maximum Gasteiger partial charge on any atom is 0.225 e. The third-order valence-electron chi connectivity index (χ3n) is 3.38. The van der Waals surface area contributed by atoms with Gasteiger partial charge in [0.25, 0.3) is 0 Å². The van der Waals surface area contributed by atoms with Crippen LogP contribution in [0.2, 0.25) is 0 Å². The van der Waals surface area contributed by atoms with Gasteiger partial charge >= 0.3 is 0 Å². The third-order valence-corrected chi connectivity index (χ3v) is 3.38. The quantitative estimate of drug-likeness (QED) is 0.768. The molecule has 1 aliphatic heterocycles. The minimum absolute atomic E-state index is 0.0611. The Morgan fingerprint density at radius 3 is 3.00 bits per heavy atom. The van der Waals surface area contributed by atoms with Gasteiger partial charge in [-0.1, -0.05) is 0 Å². The molecule has 0 atom stereocenters. The normalized spacial score (nSPS) is 13.7. The lowest BCUT2D eigenvalue weighted by Crippen LogP contribution is -2.30. The molecule has 1 amide bonds. The van der Waals surface area contributed by atoms with E-state index in [4.69, 9.17) is 0 Å². The zero-order valence-corrected chi connectivity index (χ0v) is 10.8. The molecule has 98 valence electrons. The van der Waals surface area contributed by atoms with Crippen LogP contribution in [-0.2, 0) is 18.3 Å². The molecule has 0 saturated heterocycles. The van der Waals surface area contributed by atoms with Crippen molar-refractivity contribution in [3.05, 3.63) is 23.9 Å². The highest BCUT2D eigenvalue weighted by atomic mass is 16.3. The molecule has 0 saturated carbocycles. The molecule has 0 spiro atoms. The number of aromatic hydroxyl groups is 1. The summed E-state index contributed by atoms with van der Waals surface area (Å²) in [5.74, 6) is 0.691. The van der Waals surface area contributed by atoms with Crippen molar-refractivity contribution in [2.75, 3.05) is 11.4 Å². The van der Waals surface area contributed by atoms with E-state index in [0.717, 1.165) is 11.1 Å². The van der Waals surface area contributed by atoms with Crippen molar-refractivity contribution >= 4 is 11.7 Å². The van der Waals surface area contributed by atoms with Gasteiger partial charge < -0.3 is 5.11 Å². The fourth-order valence-corrected chi connectivity index (χ4v) is 2.44. The standard InChI is InChI=1S/C13H14N4O2/c1-8(18)17-7-5-10-11(15-16(2)13(10)19)9-4-3-6-14-12(9)17/h3-4,6,19H,5,7H2,1-2H3. The highest BCUT2D eigenvalue weighted by Crippen LogP contribution is 2.37. The maximum absolute atomic E-state index is 11.7. The van der Waals surface area contributed by atoms with Crippen molar-refractivity contribution in [1.29, 1.82) is 0 Å². The predicted molar refractivity (Wildman–Crippen MR) is 69.8 cm³/mol. The number of rotatable bonds is 0. The first kappa shape index (κ1) is 11.7. The summed E-state index contributed by atoms with van der Waals surface area (Å²) in [6, 6.07) is 3.67. The molecule has 2 aromatic heterocycles. The number of amides is 1. The van der Waals surface area contributed by atoms with Gasteiger partial charge in [0.1, 0.15) is 11.5 Å². The van der Waals surface area contributed by atoms with Gasteiger partial charge in [0.05, 0.1) is 0 Å². The molecule has 1 N–H and O–H groups in total. The Kier molecular flexibility index (Phi) is 2.51. The van der Waals surface area contributed by atoms with Crippen LogP contribution in [0.25, 0.3) is 11.3 Å². The summed E-state index contributed by atoms with van der Waals surface area (Å²) >= 11 is 0. The first-order valence-corrected chi connectivity index (χ1v) is 6.08. The van der Waals surface area contributed by atoms with Crippen molar-refractivity contribution in [3.63, 3.8) is 0 Å². The van der Waals surface area contributed by atoms with Gasteiger partial charge in [-0.25, -0.2) is 9.67 Å². The van der Waals surface area contributed by atoms with Gasteiger partial charge in [0.15, 0.2) is 0 Å². The zero-order valence-electron chi connectivity index (χ0n) is 10.8. The summed E-state index contributed by atoms with van der Waals surface area (Å²) in [5.41, 5.74) is 2.24. The highest BCUT2D eigenvalue weighted by Gasteiger charge is 2.27. The molecule has 6 nitrogen and oxygen atoms in total. The van der Waals surface area contributed by atoms with Crippen LogP contribution in [-0.4, -0.2) is 32.3 Å². The van der Waals surface area contributed by atoms with Crippen molar-refractivity contribution < 1.29 is 9.90 Å². The number of anilines is 1. The highest BCUT2D eigenvalue weighted by molar-refractivity contribution is 5.95. The molecule has 0 bridgehead atoms. The summed E-state index contributed by atoms with van der Waals surface area (Å²) < 4.78 is 1.45. The molecule has 3 heterocycles. The number of carbonyl (C=O) groups is 1. The fourth-order valence-electron chi connectivity index (χ4n) is 2.44. The number of aromatic nitrogens is 3. The van der Waals surface area contributed by atoms with E-state index in [-0.39, 0.29) is 11.8 Å². The van der Waals surface area contributed by atoms with Gasteiger partial charge in [0.2, 0.25) is 11.8 Å². The van der Waals surface area contributed by atoms with Crippen LogP contribution < -0.4 is 4.90 Å². The van der Waals surface area contributed by atoms with E-state index in [1.807, 2.05) is 6.07 Å². The largest absolute Gasteiger partial charge is 0.493 e. The van der Waals surface area contributed by atoms with E-state index in [2.05, 4.69) is 10.1 Å². The Balaban J connectivity index is 2.27. The molecule has 19 heavy (non-hydrogen) atoms. The number of fused-ring (bicyclic) bond motifs is 3. The Morgan fingerprint density at radius 1 is 1.47 bits per heavy atom. The van der Waals surface area contributed by atoms with Crippen LogP contribution in [0.4, 0.5) is 5.82 Å². The summed E-state index contributed by atoms with van der Waals surface area (Å²) in [6.07, 6.45) is 2.22. The van der Waals surface area contributed by atoms with Crippen LogP contribution in [0, 0.1) is 0 Å². The lowest BCUT2D eigenvalue weighted by molar-refractivity contribution is -0.116. The van der Waals surface area contributed by atoms with E-state index in [0.29, 0.717) is 24.5 Å². The van der Waals surface area contributed by atoms with E-state index in [1.54, 1.807) is 24.2 Å². The number of carbonyl (C=O) groups excluding carboxylic acids is 1. The summed E-state index contributed by atoms with van der Waals surface area (Å²) in [6.45, 7) is 2.01. The topological polar surface area (TPSA) is 71.2 Å². The van der Waals surface area contributed by atoms with Crippen LogP contribution in [0.5, 0.6) is 5.88 Å². The lowest BCUT2D eigenvalue weighted by atomic mass is 10.1. The molecule has 6 heteroatoms. The maximum atomic E-state index is 11.7. The SMILES string of the molecule is CC(=O)N1CCc2c(nn(C)c2O)-c2cccnc21. The minimum atomic E-state index is -0.0611. The molecule has 3 rings (SSSR count). The first-order valence-electron chi connectivity index (χ1n) is 6.08. The van der Waals surface area contributed by atoms with Crippen LogP contribution in [0.15, 0.2) is 18.3 Å². The Morgan fingerprint density at radius 2 is 2.26 bits per heavy atom. The third kappa shape index (κ3) is 1.68. The lowest BCUT2D eigenvalue weighted by Gasteiger charge is -2.19. The second-order valence-electron chi connectivity index (χ2n) is 4.57. The molecule has 0 aromatic carbocycles. The fraction of sp³-hybridized carbons (Fsp3) is 0.308. The molecular formula is C13H14N4O2. The van der Waals surface area contributed by atoms with E-state index >= 15 is 0 Å². The van der Waals surface area contributed by atoms with Gasteiger partial charge in [-0.3, -0.25) is 9.69 Å². The zero-order chi connectivity index (χ0) is 13.6. The number of pyridine rings is 1. The first-order chi connectivity index (χ1) is 9.09. The molecular weight excluding hydrogens is 244 g/mol. The number of hydrogen-bond acceptors (Lipinski definition) is 4. The van der Waals surface area contributed by atoms with Gasteiger partial charge in [-0.2, -0.15) is 5.10 Å². The number of nitrogens with zero attached hydrogens (tertiary/aromatic N) is 4. The smallest absolute Gasteiger partial charge is 0.225 e. The molecule has 2 aromatic rings. The molecule has 1 aliphatic rings. The Bertz CT molecular complexity index is 663. The van der Waals surface area contributed by atoms with Crippen LogP contribution >= 0.6 is 0 Å². The van der Waals surface area contributed by atoms with Crippen molar-refractivity contribution in [2.24, 2.45) is 7.05 Å². The van der Waals surface area contributed by atoms with E-state index in [9.17, 15) is 9.90 Å². The second-order valence-corrected chi connectivity index (χ2v) is 4.57. The van der Waals surface area contributed by atoms with Gasteiger partial charge in [0, 0.05) is 37.8 Å². The summed E-state index contributed by atoms with van der Waals surface area (Å²) in [5, 5.41) is 14.4. The number of hydrogen-bond donors (Lipinski definition) is 1. The molecule has 0 unspecified atom stereocenters. The van der Waals surface area contributed by atoms with Crippen molar-refractivity contribution in [2.45, 2.75) is 13.3 Å². The summed E-state index contributed by atoms with van der Waals surface area (Å²) in [4.78, 5) is 17.7. The van der Waals surface area contributed by atoms with Crippen molar-refractivity contribution in [3.8, 4) is 17.1 Å². The number of aryl methyl sites for hydroxylation is 1. The Hall–Kier alpha value is -2.37. The Labute approximate surface area is 110 Å².